The summed E-state index contributed by atoms with van der Waals surface area (Å²) in [5.41, 5.74) is 1.70. The molecule has 1 aliphatic heterocycles. The van der Waals surface area contributed by atoms with Gasteiger partial charge in [0, 0.05) is 18.5 Å². The number of nitro benzene ring substituents is 1. The molecule has 140 valence electrons. The van der Waals surface area contributed by atoms with Gasteiger partial charge in [-0.2, -0.15) is 0 Å². The van der Waals surface area contributed by atoms with Crippen molar-refractivity contribution in [2.45, 2.75) is 26.3 Å². The van der Waals surface area contributed by atoms with Crippen molar-refractivity contribution in [3.63, 3.8) is 0 Å². The maximum absolute atomic E-state index is 12.9. The van der Waals surface area contributed by atoms with E-state index in [1.165, 1.54) is 17.0 Å². The number of hydrogen-bond donors (Lipinski definition) is 1. The molecule has 0 aliphatic carbocycles. The molecular formula is C19H19N3O5. The summed E-state index contributed by atoms with van der Waals surface area (Å²) in [4.78, 5) is 37.0. The van der Waals surface area contributed by atoms with E-state index in [9.17, 15) is 19.7 Å². The highest BCUT2D eigenvalue weighted by atomic mass is 16.6. The lowest BCUT2D eigenvalue weighted by atomic mass is 10.1. The number of carbonyl (C=O) groups is 2. The molecule has 1 heterocycles. The van der Waals surface area contributed by atoms with Crippen molar-refractivity contribution < 1.29 is 19.2 Å². The molecule has 2 aromatic carbocycles. The van der Waals surface area contributed by atoms with Crippen LogP contribution in [0.15, 0.2) is 42.5 Å². The van der Waals surface area contributed by atoms with E-state index >= 15 is 0 Å². The summed E-state index contributed by atoms with van der Waals surface area (Å²) in [7, 11) is 0. The number of nitro groups is 1. The van der Waals surface area contributed by atoms with Crippen molar-refractivity contribution in [2.75, 3.05) is 16.8 Å². The van der Waals surface area contributed by atoms with E-state index in [0.29, 0.717) is 11.4 Å². The number of aryl methyl sites for hydroxylation is 1. The van der Waals surface area contributed by atoms with E-state index in [-0.39, 0.29) is 42.3 Å². The number of ether oxygens (including phenoxy) is 1. The van der Waals surface area contributed by atoms with Crippen molar-refractivity contribution in [1.82, 2.24) is 0 Å². The lowest BCUT2D eigenvalue weighted by Gasteiger charge is -2.27. The molecule has 0 saturated heterocycles. The van der Waals surface area contributed by atoms with Crippen LogP contribution in [0, 0.1) is 17.0 Å². The topological polar surface area (TPSA) is 102 Å². The summed E-state index contributed by atoms with van der Waals surface area (Å²) in [5.74, 6) is -0.527. The Balaban J connectivity index is 1.85. The average Bonchev–Trinajstić information content (AvgIpc) is 2.73. The van der Waals surface area contributed by atoms with Crippen LogP contribution in [-0.2, 0) is 9.59 Å². The fourth-order valence-electron chi connectivity index (χ4n) is 3.06. The Morgan fingerprint density at radius 3 is 2.81 bits per heavy atom. The average molecular weight is 369 g/mol. The maximum atomic E-state index is 12.9. The number of benzene rings is 2. The lowest BCUT2D eigenvalue weighted by molar-refractivity contribution is -0.385. The quantitative estimate of drug-likeness (QED) is 0.659. The van der Waals surface area contributed by atoms with Crippen LogP contribution >= 0.6 is 0 Å². The first-order chi connectivity index (χ1) is 12.9. The Bertz CT molecular complexity index is 912. The largest absolute Gasteiger partial charge is 0.477 e. The number of carbonyl (C=O) groups excluding carboxylic acids is 2. The first kappa shape index (κ1) is 18.4. The smallest absolute Gasteiger partial charge is 0.310 e. The summed E-state index contributed by atoms with van der Waals surface area (Å²) in [5, 5.41) is 13.9. The third-order valence-corrected chi connectivity index (χ3v) is 4.29. The van der Waals surface area contributed by atoms with Crippen LogP contribution in [0.4, 0.5) is 17.1 Å². The SMILES string of the molecule is Cc1ccc([N+](=O)[O-])c(OCC(=O)N2c3ccccc3NC(=O)CC2C)c1. The van der Waals surface area contributed by atoms with Crippen molar-refractivity contribution >= 4 is 28.9 Å². The molecule has 1 aliphatic rings. The van der Waals surface area contributed by atoms with E-state index in [2.05, 4.69) is 5.32 Å². The molecule has 0 saturated carbocycles. The first-order valence-electron chi connectivity index (χ1n) is 8.45. The normalized spacial score (nSPS) is 16.1. The Morgan fingerprint density at radius 2 is 2.07 bits per heavy atom. The van der Waals surface area contributed by atoms with Gasteiger partial charge in [-0.25, -0.2) is 0 Å². The highest BCUT2D eigenvalue weighted by Gasteiger charge is 2.30. The lowest BCUT2D eigenvalue weighted by Crippen LogP contribution is -2.41. The molecule has 8 nitrogen and oxygen atoms in total. The summed E-state index contributed by atoms with van der Waals surface area (Å²) in [6.07, 6.45) is 0.144. The number of rotatable bonds is 4. The molecule has 3 rings (SSSR count). The van der Waals surface area contributed by atoms with Gasteiger partial charge in [-0.3, -0.25) is 19.7 Å². The zero-order valence-electron chi connectivity index (χ0n) is 15.0. The molecular weight excluding hydrogens is 350 g/mol. The van der Waals surface area contributed by atoms with E-state index in [1.54, 1.807) is 44.2 Å². The highest BCUT2D eigenvalue weighted by molar-refractivity contribution is 6.04. The van der Waals surface area contributed by atoms with E-state index < -0.39 is 4.92 Å². The van der Waals surface area contributed by atoms with Gasteiger partial charge in [0.15, 0.2) is 12.4 Å². The number of hydrogen-bond acceptors (Lipinski definition) is 5. The Labute approximate surface area is 155 Å². The van der Waals surface area contributed by atoms with Gasteiger partial charge in [-0.05, 0) is 37.6 Å². The second-order valence-corrected chi connectivity index (χ2v) is 6.40. The molecule has 0 radical (unpaired) electrons. The van der Waals surface area contributed by atoms with Crippen molar-refractivity contribution in [3.05, 3.63) is 58.1 Å². The van der Waals surface area contributed by atoms with Crippen LogP contribution in [0.2, 0.25) is 0 Å². The molecule has 0 fully saturated rings. The summed E-state index contributed by atoms with van der Waals surface area (Å²) in [6.45, 7) is 3.18. The summed E-state index contributed by atoms with van der Waals surface area (Å²) in [6, 6.07) is 11.1. The monoisotopic (exact) mass is 369 g/mol. The van der Waals surface area contributed by atoms with Gasteiger partial charge < -0.3 is 15.0 Å². The van der Waals surface area contributed by atoms with Gasteiger partial charge in [-0.1, -0.05) is 18.2 Å². The van der Waals surface area contributed by atoms with E-state index in [4.69, 9.17) is 4.74 Å². The van der Waals surface area contributed by atoms with E-state index in [0.717, 1.165) is 5.56 Å². The van der Waals surface area contributed by atoms with Crippen molar-refractivity contribution in [1.29, 1.82) is 0 Å². The Hall–Kier alpha value is -3.42. The summed E-state index contributed by atoms with van der Waals surface area (Å²) < 4.78 is 5.49. The van der Waals surface area contributed by atoms with Crippen LogP contribution in [0.3, 0.4) is 0 Å². The van der Waals surface area contributed by atoms with Gasteiger partial charge in [0.25, 0.3) is 5.91 Å². The fourth-order valence-corrected chi connectivity index (χ4v) is 3.06. The zero-order chi connectivity index (χ0) is 19.6. The molecule has 2 aromatic rings. The minimum absolute atomic E-state index is 0.0401. The molecule has 2 amide bonds. The third kappa shape index (κ3) is 3.89. The van der Waals surface area contributed by atoms with Crippen LogP contribution in [-0.4, -0.2) is 29.4 Å². The number of amides is 2. The summed E-state index contributed by atoms with van der Waals surface area (Å²) >= 11 is 0. The van der Waals surface area contributed by atoms with Crippen molar-refractivity contribution in [2.24, 2.45) is 0 Å². The van der Waals surface area contributed by atoms with Crippen LogP contribution < -0.4 is 15.0 Å². The molecule has 1 unspecified atom stereocenters. The molecule has 0 aromatic heterocycles. The third-order valence-electron chi connectivity index (χ3n) is 4.29. The molecule has 27 heavy (non-hydrogen) atoms. The zero-order valence-corrected chi connectivity index (χ0v) is 15.0. The maximum Gasteiger partial charge on any atom is 0.310 e. The molecule has 8 heteroatoms. The Kier molecular flexibility index (Phi) is 5.07. The van der Waals surface area contributed by atoms with Gasteiger partial charge >= 0.3 is 5.69 Å². The second-order valence-electron chi connectivity index (χ2n) is 6.40. The van der Waals surface area contributed by atoms with Crippen molar-refractivity contribution in [3.8, 4) is 5.75 Å². The van der Waals surface area contributed by atoms with Crippen LogP contribution in [0.25, 0.3) is 0 Å². The minimum atomic E-state index is -0.550. The Morgan fingerprint density at radius 1 is 1.33 bits per heavy atom. The van der Waals surface area contributed by atoms with Gasteiger partial charge in [-0.15, -0.1) is 0 Å². The molecule has 0 spiro atoms. The first-order valence-corrected chi connectivity index (χ1v) is 8.45. The number of nitrogens with one attached hydrogen (secondary N) is 1. The number of para-hydroxylation sites is 2. The number of fused-ring (bicyclic) bond motifs is 1. The predicted octanol–water partition coefficient (Wildman–Crippen LogP) is 3.05. The van der Waals surface area contributed by atoms with Gasteiger partial charge in [0.05, 0.1) is 16.3 Å². The highest BCUT2D eigenvalue weighted by Crippen LogP contribution is 2.32. The van der Waals surface area contributed by atoms with Crippen LogP contribution in [0.5, 0.6) is 5.75 Å². The standard InChI is InChI=1S/C19H19N3O5/c1-12-7-8-16(22(25)26)17(9-12)27-11-19(24)21-13(2)10-18(23)20-14-5-3-4-6-15(14)21/h3-9,13H,10-11H2,1-2H3,(H,20,23). The van der Waals surface area contributed by atoms with Gasteiger partial charge in [0.1, 0.15) is 0 Å². The molecule has 1 N–H and O–H groups in total. The van der Waals surface area contributed by atoms with Gasteiger partial charge in [0.2, 0.25) is 5.91 Å². The second kappa shape index (κ2) is 7.45. The predicted molar refractivity (Wildman–Crippen MR) is 100.0 cm³/mol. The molecule has 0 bridgehead atoms. The van der Waals surface area contributed by atoms with Crippen LogP contribution in [0.1, 0.15) is 18.9 Å². The molecule has 1 atom stereocenters. The number of anilines is 2. The fraction of sp³-hybridized carbons (Fsp3) is 0.263. The van der Waals surface area contributed by atoms with E-state index in [1.807, 2.05) is 0 Å². The minimum Gasteiger partial charge on any atom is -0.477 e. The number of nitrogens with zero attached hydrogens (tertiary/aromatic N) is 2.